The summed E-state index contributed by atoms with van der Waals surface area (Å²) < 4.78 is 7.25. The van der Waals surface area contributed by atoms with E-state index >= 15 is 0 Å². The molecule has 0 saturated carbocycles. The molecule has 112 valence electrons. The summed E-state index contributed by atoms with van der Waals surface area (Å²) in [4.78, 5) is 9.33. The predicted octanol–water partition coefficient (Wildman–Crippen LogP) is 4.51. The van der Waals surface area contributed by atoms with Crippen LogP contribution < -0.4 is 10.1 Å². The topological polar surface area (TPSA) is 47.0 Å². The Morgan fingerprint density at radius 3 is 2.67 bits per heavy atom. The Balaban J connectivity index is 2.52. The van der Waals surface area contributed by atoms with E-state index in [9.17, 15) is 0 Å². The van der Waals surface area contributed by atoms with Gasteiger partial charge in [0.15, 0.2) is 5.82 Å². The number of benzene rings is 1. The van der Waals surface area contributed by atoms with Crippen molar-refractivity contribution in [2.75, 3.05) is 19.5 Å². The highest BCUT2D eigenvalue weighted by Gasteiger charge is 2.13. The first kappa shape index (κ1) is 16.5. The van der Waals surface area contributed by atoms with Gasteiger partial charge in [0.2, 0.25) is 0 Å². The fourth-order valence-corrected chi connectivity index (χ4v) is 3.32. The fraction of sp³-hybridized carbons (Fsp3) is 0.333. The molecule has 0 aliphatic heterocycles. The van der Waals surface area contributed by atoms with Crippen molar-refractivity contribution < 1.29 is 4.74 Å². The highest BCUT2D eigenvalue weighted by atomic mass is 127. The van der Waals surface area contributed by atoms with E-state index in [4.69, 9.17) is 9.72 Å². The Bertz CT molecular complexity index is 649. The minimum Gasteiger partial charge on any atom is -0.496 e. The number of hydrogen-bond donors (Lipinski definition) is 1. The van der Waals surface area contributed by atoms with Crippen LogP contribution in [0.1, 0.15) is 19.0 Å². The molecule has 0 aliphatic carbocycles. The summed E-state index contributed by atoms with van der Waals surface area (Å²) in [6, 6.07) is 5.87. The highest BCUT2D eigenvalue weighted by molar-refractivity contribution is 14.1. The first-order valence-electron chi connectivity index (χ1n) is 6.68. The van der Waals surface area contributed by atoms with Crippen molar-refractivity contribution in [3.05, 3.63) is 31.9 Å². The largest absolute Gasteiger partial charge is 0.496 e. The van der Waals surface area contributed by atoms with E-state index in [1.54, 1.807) is 7.11 Å². The van der Waals surface area contributed by atoms with Gasteiger partial charge in [-0.1, -0.05) is 13.3 Å². The summed E-state index contributed by atoms with van der Waals surface area (Å²) in [6.07, 6.45) is 2.00. The van der Waals surface area contributed by atoms with Gasteiger partial charge in [-0.25, -0.2) is 9.97 Å². The number of nitrogens with one attached hydrogen (secondary N) is 1. The zero-order valence-corrected chi connectivity index (χ0v) is 15.9. The van der Waals surface area contributed by atoms with Gasteiger partial charge in [-0.3, -0.25) is 0 Å². The third-order valence-corrected chi connectivity index (χ3v) is 4.81. The molecule has 1 N–H and O–H groups in total. The Morgan fingerprint density at radius 2 is 2.10 bits per heavy atom. The predicted molar refractivity (Wildman–Crippen MR) is 98.0 cm³/mol. The summed E-state index contributed by atoms with van der Waals surface area (Å²) >= 11 is 5.81. The van der Waals surface area contributed by atoms with E-state index in [-0.39, 0.29) is 0 Å². The molecule has 0 radical (unpaired) electrons. The first-order chi connectivity index (χ1) is 10.1. The van der Waals surface area contributed by atoms with Gasteiger partial charge >= 0.3 is 0 Å². The molecule has 6 heteroatoms. The number of ether oxygens (including phenoxy) is 1. The summed E-state index contributed by atoms with van der Waals surface area (Å²) in [5.74, 6) is 2.40. The number of hydrogen-bond acceptors (Lipinski definition) is 4. The van der Waals surface area contributed by atoms with Gasteiger partial charge in [0.1, 0.15) is 11.6 Å². The molecular formula is C15H17BrIN3O. The molecule has 0 unspecified atom stereocenters. The van der Waals surface area contributed by atoms with Crippen molar-refractivity contribution in [3.63, 3.8) is 0 Å². The van der Waals surface area contributed by atoms with Gasteiger partial charge < -0.3 is 10.1 Å². The molecule has 2 aromatic rings. The van der Waals surface area contributed by atoms with Crippen LogP contribution in [0.5, 0.6) is 5.75 Å². The minimum absolute atomic E-state index is 0.728. The number of methoxy groups -OCH3 is 1. The number of halogens is 2. The summed E-state index contributed by atoms with van der Waals surface area (Å²) in [6.45, 7) is 2.15. The molecule has 0 amide bonds. The van der Waals surface area contributed by atoms with Gasteiger partial charge in [0, 0.05) is 12.6 Å². The van der Waals surface area contributed by atoms with E-state index in [0.717, 1.165) is 49.5 Å². The lowest BCUT2D eigenvalue weighted by Gasteiger charge is -2.11. The van der Waals surface area contributed by atoms with Crippen molar-refractivity contribution in [1.82, 2.24) is 9.97 Å². The lowest BCUT2D eigenvalue weighted by atomic mass is 10.2. The maximum Gasteiger partial charge on any atom is 0.161 e. The Kier molecular flexibility index (Phi) is 5.80. The number of aromatic nitrogens is 2. The first-order valence-corrected chi connectivity index (χ1v) is 8.56. The summed E-state index contributed by atoms with van der Waals surface area (Å²) in [5, 5.41) is 3.15. The van der Waals surface area contributed by atoms with Crippen LogP contribution >= 0.6 is 38.5 Å². The van der Waals surface area contributed by atoms with E-state index in [1.807, 2.05) is 25.2 Å². The van der Waals surface area contributed by atoms with E-state index in [0.29, 0.717) is 0 Å². The normalized spacial score (nSPS) is 10.5. The SMILES string of the molecule is CCCc1nc(-c2ccc(OC)c(Br)c2)nc(NC)c1I. The van der Waals surface area contributed by atoms with Gasteiger partial charge in [-0.2, -0.15) is 0 Å². The van der Waals surface area contributed by atoms with E-state index in [1.165, 1.54) is 0 Å². The quantitative estimate of drug-likeness (QED) is 0.665. The fourth-order valence-electron chi connectivity index (χ4n) is 2.00. The molecule has 0 saturated heterocycles. The van der Waals surface area contributed by atoms with Crippen molar-refractivity contribution in [1.29, 1.82) is 0 Å². The van der Waals surface area contributed by atoms with Crippen LogP contribution in [0.2, 0.25) is 0 Å². The van der Waals surface area contributed by atoms with Crippen molar-refractivity contribution >= 4 is 44.3 Å². The molecule has 1 aromatic heterocycles. The maximum absolute atomic E-state index is 5.26. The second-order valence-corrected chi connectivity index (χ2v) is 6.44. The molecule has 4 nitrogen and oxygen atoms in total. The van der Waals surface area contributed by atoms with Crippen LogP contribution in [0.15, 0.2) is 22.7 Å². The third-order valence-electron chi connectivity index (χ3n) is 3.05. The molecule has 21 heavy (non-hydrogen) atoms. The standard InChI is InChI=1S/C15H17BrIN3O/c1-4-5-11-13(17)15(18-2)20-14(19-11)9-6-7-12(21-3)10(16)8-9/h6-8H,4-5H2,1-3H3,(H,18,19,20). The van der Waals surface area contributed by atoms with E-state index in [2.05, 4.69) is 55.7 Å². The molecule has 0 spiro atoms. The monoisotopic (exact) mass is 461 g/mol. The summed E-state index contributed by atoms with van der Waals surface area (Å²) in [5.41, 5.74) is 2.05. The number of nitrogens with zero attached hydrogens (tertiary/aromatic N) is 2. The van der Waals surface area contributed by atoms with Gasteiger partial charge in [-0.15, -0.1) is 0 Å². The molecular weight excluding hydrogens is 445 g/mol. The molecule has 1 heterocycles. The van der Waals surface area contributed by atoms with Gasteiger partial charge in [0.25, 0.3) is 0 Å². The number of anilines is 1. The van der Waals surface area contributed by atoms with Gasteiger partial charge in [-0.05, 0) is 63.1 Å². The Labute approximate surface area is 147 Å². The molecule has 1 aromatic carbocycles. The number of rotatable bonds is 5. The molecule has 0 atom stereocenters. The Morgan fingerprint density at radius 1 is 1.33 bits per heavy atom. The van der Waals surface area contributed by atoms with E-state index < -0.39 is 0 Å². The van der Waals surface area contributed by atoms with Crippen molar-refractivity contribution in [2.45, 2.75) is 19.8 Å². The van der Waals surface area contributed by atoms with Crippen molar-refractivity contribution in [3.8, 4) is 17.1 Å². The zero-order chi connectivity index (χ0) is 15.4. The van der Waals surface area contributed by atoms with Gasteiger partial charge in [0.05, 0.1) is 20.8 Å². The molecule has 2 rings (SSSR count). The number of aryl methyl sites for hydroxylation is 1. The second-order valence-electron chi connectivity index (χ2n) is 4.51. The highest BCUT2D eigenvalue weighted by Crippen LogP contribution is 2.31. The lowest BCUT2D eigenvalue weighted by Crippen LogP contribution is -2.05. The Hall–Kier alpha value is -0.890. The summed E-state index contributed by atoms with van der Waals surface area (Å²) in [7, 11) is 3.54. The minimum atomic E-state index is 0.728. The second kappa shape index (κ2) is 7.40. The van der Waals surface area contributed by atoms with Crippen LogP contribution in [0, 0.1) is 3.57 Å². The van der Waals surface area contributed by atoms with Crippen LogP contribution in [0.3, 0.4) is 0 Å². The van der Waals surface area contributed by atoms with Crippen molar-refractivity contribution in [2.24, 2.45) is 0 Å². The van der Waals surface area contributed by atoms with Crippen LogP contribution in [0.4, 0.5) is 5.82 Å². The molecule has 0 fully saturated rings. The lowest BCUT2D eigenvalue weighted by molar-refractivity contribution is 0.412. The zero-order valence-electron chi connectivity index (χ0n) is 12.2. The van der Waals surface area contributed by atoms with Crippen LogP contribution in [0.25, 0.3) is 11.4 Å². The molecule has 0 aliphatic rings. The van der Waals surface area contributed by atoms with Crippen LogP contribution in [-0.2, 0) is 6.42 Å². The third kappa shape index (κ3) is 3.66. The molecule has 0 bridgehead atoms. The smallest absolute Gasteiger partial charge is 0.161 e. The average molecular weight is 462 g/mol. The maximum atomic E-state index is 5.26. The average Bonchev–Trinajstić information content (AvgIpc) is 2.49. The van der Waals surface area contributed by atoms with Crippen LogP contribution in [-0.4, -0.2) is 24.1 Å².